The highest BCUT2D eigenvalue weighted by Crippen LogP contribution is 2.41. The number of pyridine rings is 6. The van der Waals surface area contributed by atoms with Crippen molar-refractivity contribution in [3.8, 4) is 0 Å². The Hall–Kier alpha value is -9.04. The highest BCUT2D eigenvalue weighted by molar-refractivity contribution is 5.59. The molecule has 10 aromatic rings. The molecule has 7 aromatic heterocycles. The third kappa shape index (κ3) is 42.9. The molecule has 0 saturated heterocycles. The molecule has 2 N–H and O–H groups in total. The van der Waals surface area contributed by atoms with Crippen LogP contribution in [-0.4, -0.2) is 106 Å². The number of nitrogen functional groups attached to an aromatic ring is 1. The van der Waals surface area contributed by atoms with Gasteiger partial charge in [0.05, 0.1) is 11.4 Å². The van der Waals surface area contributed by atoms with Crippen LogP contribution in [0.4, 0.5) is 17.3 Å². The lowest BCUT2D eigenvalue weighted by Crippen LogP contribution is -2.19. The van der Waals surface area contributed by atoms with Gasteiger partial charge in [0.1, 0.15) is 18.0 Å². The summed E-state index contributed by atoms with van der Waals surface area (Å²) in [6.07, 6.45) is 9.24. The molecule has 0 aliphatic heterocycles. The van der Waals surface area contributed by atoms with Gasteiger partial charge in [0.25, 0.3) is 0 Å². The molecular formula is C135H223N13. The molecule has 10 rings (SSSR count). The maximum absolute atomic E-state index is 5.89. The molecule has 0 spiro atoms. The smallest absolute Gasteiger partial charge is 0.131 e. The fraction of sp³-hybridized carbons (Fsp3) is 0.615. The monoisotopic (exact) mass is 2030 g/mol. The van der Waals surface area contributed by atoms with Gasteiger partial charge in [0.2, 0.25) is 0 Å². The molecule has 0 aliphatic rings. The summed E-state index contributed by atoms with van der Waals surface area (Å²) >= 11 is 0. The first-order valence-corrected chi connectivity index (χ1v) is 56.7. The molecule has 13 nitrogen and oxygen atoms in total. The molecule has 0 aliphatic carbocycles. The fourth-order valence-corrected chi connectivity index (χ4v) is 20.6. The van der Waals surface area contributed by atoms with Crippen LogP contribution in [-0.2, 0) is 23.9 Å². The standard InChI is InChI=1S/C15H26N2.C15H25N.C15H24.2C14H23N.C13H22N2.2C13H21N.C12H19N.C11H19N3/c1-10(2)14-12(5)8-13(9-17(6)7)16-15(14)11(3)4;1-11(2)14-9-7-8-13(10-16(5)6)15(14)12(3)4;1-10(2)13-8-7-9-14(11(3)4)15(13)12(5)6;1-10(2)12-8-7-9-13(15(5)6)14(12)11(3)4;1-9(2)12-7-8-15-14(11(5)6)13(12)10(3)4;1-9(2)11-7-8-14-13(15(5)6)12(11)10(3)4;1-9(2)12-11(13(4,5)6)10(3)7-8-14-12;1-8(2)12-10(5)7-11(6)14-13(12)9(3)4;1-8(2)11-10(5)6-7-13-12(11)9(3)4;1-7(2)9-8(11(3,4)5)10(12)14-6-13-9/h8,10-11H,9H2,1-7H3;7-9,11-12H,10H2,1-6H3;7-12H,1-6H3;2*7-11H,1-6H3;7-10H,1-6H3;2*7-9H,1-6H3;6-9H,1-5H3;6-7H,1-5H3,(H2,12,13,14). The molecule has 7 heterocycles. The topological polar surface area (TPSA) is 142 Å². The van der Waals surface area contributed by atoms with Crippen molar-refractivity contribution in [1.29, 1.82) is 0 Å². The second-order valence-electron chi connectivity index (χ2n) is 50.7. The first-order chi connectivity index (χ1) is 68.2. The van der Waals surface area contributed by atoms with Crippen LogP contribution >= 0.6 is 0 Å². The maximum atomic E-state index is 5.89. The number of hydrogen-bond acceptors (Lipinski definition) is 13. The van der Waals surface area contributed by atoms with Crippen LogP contribution in [0, 0.1) is 34.6 Å². The summed E-state index contributed by atoms with van der Waals surface area (Å²) in [5.41, 5.74) is 47.3. The predicted molar refractivity (Wildman–Crippen MR) is 657 cm³/mol. The Morgan fingerprint density at radius 3 is 0.905 bits per heavy atom. The van der Waals surface area contributed by atoms with Crippen LogP contribution < -0.4 is 15.5 Å². The highest BCUT2D eigenvalue weighted by atomic mass is 15.1. The summed E-state index contributed by atoms with van der Waals surface area (Å²) in [6, 6.07) is 33.1. The molecule has 0 saturated carbocycles. The first kappa shape index (κ1) is 137. The van der Waals surface area contributed by atoms with E-state index in [1.165, 1.54) is 140 Å². The summed E-state index contributed by atoms with van der Waals surface area (Å²) < 4.78 is 0. The number of aryl methyl sites for hydroxylation is 5. The fourth-order valence-electron chi connectivity index (χ4n) is 20.6. The lowest BCUT2D eigenvalue weighted by Gasteiger charge is -2.25. The zero-order valence-corrected chi connectivity index (χ0v) is 106. The largest absolute Gasteiger partial charge is 0.383 e. The van der Waals surface area contributed by atoms with Crippen molar-refractivity contribution in [3.63, 3.8) is 0 Å². The Balaban J connectivity index is 0.000000823. The average molecular weight is 2030 g/mol. The quantitative estimate of drug-likeness (QED) is 0.0550. The Bertz CT molecular complexity index is 5080. The molecule has 0 bridgehead atoms. The normalized spacial score (nSPS) is 11.7. The van der Waals surface area contributed by atoms with Crippen molar-refractivity contribution in [3.05, 3.63) is 284 Å². The molecule has 0 fully saturated rings. The van der Waals surface area contributed by atoms with Crippen LogP contribution in [0.15, 0.2) is 122 Å². The summed E-state index contributed by atoms with van der Waals surface area (Å²) in [4.78, 5) is 44.6. The third-order valence-electron chi connectivity index (χ3n) is 26.7. The van der Waals surface area contributed by atoms with E-state index >= 15 is 0 Å². The number of rotatable bonds is 26. The van der Waals surface area contributed by atoms with Gasteiger partial charge >= 0.3 is 0 Å². The number of aromatic nitrogens is 8. The minimum Gasteiger partial charge on any atom is -0.383 e. The van der Waals surface area contributed by atoms with Crippen molar-refractivity contribution in [2.24, 2.45) is 0 Å². The zero-order valence-electron chi connectivity index (χ0n) is 106. The summed E-state index contributed by atoms with van der Waals surface area (Å²) in [5, 5.41) is 0. The minimum absolute atomic E-state index is 0.00491. The van der Waals surface area contributed by atoms with Gasteiger partial charge in [-0.25, -0.2) is 15.0 Å². The van der Waals surface area contributed by atoms with Crippen LogP contribution in [0.5, 0.6) is 0 Å². The van der Waals surface area contributed by atoms with E-state index in [0.717, 1.165) is 35.9 Å². The number of benzene rings is 3. The third-order valence-corrected chi connectivity index (χ3v) is 26.7. The molecule has 3 aromatic carbocycles. The van der Waals surface area contributed by atoms with Gasteiger partial charge in [-0.1, -0.05) is 367 Å². The van der Waals surface area contributed by atoms with Crippen LogP contribution in [0.1, 0.15) is 599 Å². The van der Waals surface area contributed by atoms with Crippen molar-refractivity contribution in [1.82, 2.24) is 49.7 Å². The van der Waals surface area contributed by atoms with Crippen LogP contribution in [0.3, 0.4) is 0 Å². The Morgan fingerprint density at radius 2 is 0.561 bits per heavy atom. The molecule has 828 valence electrons. The van der Waals surface area contributed by atoms with Crippen molar-refractivity contribution in [2.75, 3.05) is 71.9 Å². The Kier molecular flexibility index (Phi) is 59.3. The second kappa shape index (κ2) is 64.1. The van der Waals surface area contributed by atoms with E-state index in [0.29, 0.717) is 124 Å². The van der Waals surface area contributed by atoms with Gasteiger partial charge in [-0.3, -0.25) is 24.9 Å². The van der Waals surface area contributed by atoms with E-state index < -0.39 is 0 Å². The number of nitrogens with two attached hydrogens (primary N) is 1. The van der Waals surface area contributed by atoms with E-state index in [1.807, 2.05) is 24.8 Å². The zero-order chi connectivity index (χ0) is 115. The average Bonchev–Trinajstić information content (AvgIpc) is 0.809. The lowest BCUT2D eigenvalue weighted by atomic mass is 9.81. The predicted octanol–water partition coefficient (Wildman–Crippen LogP) is 38.5. The molecule has 0 radical (unpaired) electrons. The molecule has 0 unspecified atom stereocenters. The second-order valence-corrected chi connectivity index (χ2v) is 50.7. The van der Waals surface area contributed by atoms with Gasteiger partial charge < -0.3 is 25.3 Å². The van der Waals surface area contributed by atoms with Crippen LogP contribution in [0.2, 0.25) is 0 Å². The van der Waals surface area contributed by atoms with Crippen LogP contribution in [0.25, 0.3) is 0 Å². The van der Waals surface area contributed by atoms with E-state index in [-0.39, 0.29) is 10.8 Å². The van der Waals surface area contributed by atoms with Gasteiger partial charge in [-0.15, -0.1) is 0 Å². The number of nitrogens with zero attached hydrogens (tertiary/aromatic N) is 12. The number of anilines is 3. The Labute approximate surface area is 912 Å². The molecule has 0 amide bonds. The summed E-state index contributed by atoms with van der Waals surface area (Å²) in [5.74, 6) is 12.9. The van der Waals surface area contributed by atoms with Crippen molar-refractivity contribution in [2.45, 2.75) is 495 Å². The van der Waals surface area contributed by atoms with Gasteiger partial charge in [-0.2, -0.15) is 0 Å². The van der Waals surface area contributed by atoms with E-state index in [4.69, 9.17) is 10.7 Å². The number of hydrogen-bond donors (Lipinski definition) is 1. The maximum Gasteiger partial charge on any atom is 0.131 e. The first-order valence-electron chi connectivity index (χ1n) is 56.7. The van der Waals surface area contributed by atoms with Crippen molar-refractivity contribution >= 4 is 17.3 Å². The van der Waals surface area contributed by atoms with Crippen molar-refractivity contribution < 1.29 is 0 Å². The molecule has 13 heteroatoms. The lowest BCUT2D eigenvalue weighted by molar-refractivity contribution is 0.395. The van der Waals surface area contributed by atoms with Gasteiger partial charge in [0, 0.05) is 117 Å². The summed E-state index contributed by atoms with van der Waals surface area (Å²) in [7, 11) is 16.8. The Morgan fingerprint density at radius 1 is 0.250 bits per heavy atom. The summed E-state index contributed by atoms with van der Waals surface area (Å²) in [6.45, 7) is 116. The molecule has 0 atom stereocenters. The minimum atomic E-state index is 0.00491. The molecule has 148 heavy (non-hydrogen) atoms. The highest BCUT2D eigenvalue weighted by Gasteiger charge is 2.28. The molecular weight excluding hydrogens is 1800 g/mol. The van der Waals surface area contributed by atoms with E-state index in [9.17, 15) is 0 Å². The van der Waals surface area contributed by atoms with Gasteiger partial charge in [0.15, 0.2) is 0 Å². The SMILES string of the molecule is CC(C)c1cccc(C(C)C)c1C(C)C.CC(C)c1cccc(CN(C)C)c1C(C)C.CC(C)c1cccc(N(C)C)c1C(C)C.CC(C)c1ccnc(C(C)C)c1C(C)C.CC(C)c1ccnc(N(C)C)c1C(C)C.CC(C)c1ncnc(N)c1C(C)(C)C.Cc1cc(C)c(C(C)C)c(C(C)C)n1.Cc1cc(CN(C)C)nc(C(C)C)c1C(C)C.Cc1ccnc(C(C)C)c1C(C)(C)C.Cc1ccnc(C(C)C)c1C(C)C. The van der Waals surface area contributed by atoms with E-state index in [1.54, 1.807) is 17.5 Å². The van der Waals surface area contributed by atoms with E-state index in [2.05, 4.69) is 555 Å². The van der Waals surface area contributed by atoms with Gasteiger partial charge in [-0.05, 0) is 340 Å².